The van der Waals surface area contributed by atoms with Gasteiger partial charge in [0, 0.05) is 41.2 Å². The molecule has 4 heteroatoms. The first-order chi connectivity index (χ1) is 13.7. The minimum absolute atomic E-state index is 0.156. The lowest BCUT2D eigenvalue weighted by atomic mass is 9.95. The second-order valence-electron chi connectivity index (χ2n) is 8.06. The van der Waals surface area contributed by atoms with Crippen LogP contribution in [0.15, 0.2) is 42.5 Å². The van der Waals surface area contributed by atoms with Gasteiger partial charge in [0.15, 0.2) is 0 Å². The Bertz CT molecular complexity index is 1020. The minimum atomic E-state index is 0.156. The molecule has 1 saturated heterocycles. The summed E-state index contributed by atoms with van der Waals surface area (Å²) < 4.78 is 5.25. The molecular weight excluding hydrogens is 348 g/mol. The fourth-order valence-corrected chi connectivity index (χ4v) is 4.81. The number of benzene rings is 2. The molecule has 1 N–H and O–H groups in total. The van der Waals surface area contributed by atoms with Crippen LogP contribution in [0.2, 0.25) is 0 Å². The van der Waals surface area contributed by atoms with Crippen LogP contribution in [0.4, 0.5) is 0 Å². The van der Waals surface area contributed by atoms with Gasteiger partial charge >= 0.3 is 0 Å². The van der Waals surface area contributed by atoms with Crippen molar-refractivity contribution in [2.75, 3.05) is 20.2 Å². The minimum Gasteiger partial charge on any atom is -0.497 e. The van der Waals surface area contributed by atoms with Crippen molar-refractivity contribution in [3.8, 4) is 5.75 Å². The second kappa shape index (κ2) is 7.01. The van der Waals surface area contributed by atoms with E-state index in [1.807, 2.05) is 23.1 Å². The lowest BCUT2D eigenvalue weighted by Crippen LogP contribution is -2.28. The number of aromatic nitrogens is 1. The Hall–Kier alpha value is -2.75. The smallest absolute Gasteiger partial charge is 0.253 e. The molecule has 1 amide bonds. The first-order valence-corrected chi connectivity index (χ1v) is 10.3. The molecule has 4 nitrogen and oxygen atoms in total. The van der Waals surface area contributed by atoms with Crippen LogP contribution in [0.1, 0.15) is 52.4 Å². The molecule has 1 fully saturated rings. The lowest BCUT2D eigenvalue weighted by molar-refractivity contribution is 0.0791. The Labute approximate surface area is 165 Å². The first kappa shape index (κ1) is 17.4. The van der Waals surface area contributed by atoms with Crippen molar-refractivity contribution < 1.29 is 9.53 Å². The van der Waals surface area contributed by atoms with Crippen LogP contribution in [-0.4, -0.2) is 36.0 Å². The Morgan fingerprint density at radius 3 is 2.75 bits per heavy atom. The van der Waals surface area contributed by atoms with Crippen LogP contribution >= 0.6 is 0 Å². The summed E-state index contributed by atoms with van der Waals surface area (Å²) in [5.74, 6) is 1.43. The van der Waals surface area contributed by atoms with Gasteiger partial charge in [0.05, 0.1) is 7.11 Å². The summed E-state index contributed by atoms with van der Waals surface area (Å²) >= 11 is 0. The Morgan fingerprint density at radius 1 is 1.11 bits per heavy atom. The number of aryl methyl sites for hydroxylation is 2. The summed E-state index contributed by atoms with van der Waals surface area (Å²) in [6.45, 7) is 1.60. The molecule has 0 saturated carbocycles. The van der Waals surface area contributed by atoms with Crippen LogP contribution in [0, 0.1) is 0 Å². The van der Waals surface area contributed by atoms with Gasteiger partial charge in [0.2, 0.25) is 0 Å². The summed E-state index contributed by atoms with van der Waals surface area (Å²) in [5, 5.41) is 1.24. The van der Waals surface area contributed by atoms with E-state index in [0.717, 1.165) is 43.7 Å². The summed E-state index contributed by atoms with van der Waals surface area (Å²) in [7, 11) is 1.68. The molecule has 2 aliphatic rings. The molecule has 2 heterocycles. The summed E-state index contributed by atoms with van der Waals surface area (Å²) in [6.07, 6.45) is 5.76. The van der Waals surface area contributed by atoms with E-state index < -0.39 is 0 Å². The number of nitrogens with one attached hydrogen (secondary N) is 1. The molecule has 144 valence electrons. The van der Waals surface area contributed by atoms with E-state index in [1.54, 1.807) is 7.11 Å². The molecule has 0 spiro atoms. The first-order valence-electron chi connectivity index (χ1n) is 10.3. The molecule has 2 aromatic carbocycles. The summed E-state index contributed by atoms with van der Waals surface area (Å²) in [6, 6.07) is 14.4. The molecule has 0 bridgehead atoms. The maximum Gasteiger partial charge on any atom is 0.253 e. The third-order valence-corrected chi connectivity index (χ3v) is 6.41. The Morgan fingerprint density at radius 2 is 1.93 bits per heavy atom. The highest BCUT2D eigenvalue weighted by atomic mass is 16.5. The van der Waals surface area contributed by atoms with E-state index in [-0.39, 0.29) is 5.91 Å². The van der Waals surface area contributed by atoms with E-state index in [0.29, 0.717) is 5.92 Å². The van der Waals surface area contributed by atoms with Gasteiger partial charge in [0.25, 0.3) is 5.91 Å². The zero-order chi connectivity index (χ0) is 19.1. The number of carbonyl (C=O) groups is 1. The number of likely N-dealkylation sites (tertiary alicyclic amines) is 1. The number of aromatic amines is 1. The Balaban J connectivity index is 1.36. The predicted octanol–water partition coefficient (Wildman–Crippen LogP) is 4.69. The number of hydrogen-bond acceptors (Lipinski definition) is 2. The molecule has 0 radical (unpaired) electrons. The zero-order valence-corrected chi connectivity index (χ0v) is 16.3. The standard InChI is InChI=1S/C24H26N2O2/c1-28-19-9-6-16(7-10-19)18-12-13-26(15-18)24(27)17-8-11-23-21(14-17)20-4-2-3-5-22(20)25-23/h6-11,14,18,25H,2-5,12-13,15H2,1H3. The van der Waals surface area contributed by atoms with Crippen molar-refractivity contribution in [2.45, 2.75) is 38.0 Å². The summed E-state index contributed by atoms with van der Waals surface area (Å²) in [5.41, 5.74) is 6.06. The van der Waals surface area contributed by atoms with E-state index in [1.165, 1.54) is 40.6 Å². The van der Waals surface area contributed by atoms with E-state index in [4.69, 9.17) is 4.74 Å². The molecular formula is C24H26N2O2. The molecule has 5 rings (SSSR count). The van der Waals surface area contributed by atoms with Gasteiger partial charge in [-0.1, -0.05) is 12.1 Å². The average molecular weight is 374 g/mol. The highest BCUT2D eigenvalue weighted by Crippen LogP contribution is 2.32. The van der Waals surface area contributed by atoms with Gasteiger partial charge in [-0.3, -0.25) is 4.79 Å². The number of methoxy groups -OCH3 is 1. The fraction of sp³-hybridized carbons (Fsp3) is 0.375. The average Bonchev–Trinajstić information content (AvgIpc) is 3.38. The van der Waals surface area contributed by atoms with E-state index in [2.05, 4.69) is 29.2 Å². The number of nitrogens with zero attached hydrogens (tertiary/aromatic N) is 1. The van der Waals surface area contributed by atoms with Crippen LogP contribution < -0.4 is 4.74 Å². The van der Waals surface area contributed by atoms with Crippen molar-refractivity contribution >= 4 is 16.8 Å². The maximum absolute atomic E-state index is 13.2. The fourth-order valence-electron chi connectivity index (χ4n) is 4.81. The van der Waals surface area contributed by atoms with Crippen LogP contribution in [0.5, 0.6) is 5.75 Å². The normalized spacial score (nSPS) is 19.0. The van der Waals surface area contributed by atoms with Gasteiger partial charge in [-0.05, 0) is 73.6 Å². The molecule has 3 aromatic rings. The highest BCUT2D eigenvalue weighted by molar-refractivity contribution is 5.99. The SMILES string of the molecule is COc1ccc(C2CCN(C(=O)c3ccc4[nH]c5c(c4c3)CCCC5)C2)cc1. The van der Waals surface area contributed by atoms with Crippen molar-refractivity contribution in [3.63, 3.8) is 0 Å². The summed E-state index contributed by atoms with van der Waals surface area (Å²) in [4.78, 5) is 18.7. The van der Waals surface area contributed by atoms with Crippen molar-refractivity contribution in [2.24, 2.45) is 0 Å². The quantitative estimate of drug-likeness (QED) is 0.723. The molecule has 1 aromatic heterocycles. The number of hydrogen-bond donors (Lipinski definition) is 1. The number of rotatable bonds is 3. The number of carbonyl (C=O) groups excluding carboxylic acids is 1. The van der Waals surface area contributed by atoms with Gasteiger partial charge < -0.3 is 14.6 Å². The van der Waals surface area contributed by atoms with Crippen molar-refractivity contribution in [1.82, 2.24) is 9.88 Å². The van der Waals surface area contributed by atoms with Crippen LogP contribution in [-0.2, 0) is 12.8 Å². The van der Waals surface area contributed by atoms with E-state index >= 15 is 0 Å². The Kier molecular flexibility index (Phi) is 4.34. The lowest BCUT2D eigenvalue weighted by Gasteiger charge is -2.17. The third kappa shape index (κ3) is 2.97. The van der Waals surface area contributed by atoms with Crippen molar-refractivity contribution in [1.29, 1.82) is 0 Å². The number of H-pyrrole nitrogens is 1. The topological polar surface area (TPSA) is 45.3 Å². The van der Waals surface area contributed by atoms with Crippen molar-refractivity contribution in [3.05, 3.63) is 64.8 Å². The molecule has 1 unspecified atom stereocenters. The third-order valence-electron chi connectivity index (χ3n) is 6.41. The van der Waals surface area contributed by atoms with Gasteiger partial charge in [-0.2, -0.15) is 0 Å². The van der Waals surface area contributed by atoms with Gasteiger partial charge in [0.1, 0.15) is 5.75 Å². The molecule has 1 aliphatic carbocycles. The zero-order valence-electron chi connectivity index (χ0n) is 16.3. The largest absolute Gasteiger partial charge is 0.497 e. The molecule has 1 aliphatic heterocycles. The van der Waals surface area contributed by atoms with Gasteiger partial charge in [-0.15, -0.1) is 0 Å². The second-order valence-corrected chi connectivity index (χ2v) is 8.06. The van der Waals surface area contributed by atoms with Gasteiger partial charge in [-0.25, -0.2) is 0 Å². The van der Waals surface area contributed by atoms with E-state index in [9.17, 15) is 4.79 Å². The maximum atomic E-state index is 13.2. The van der Waals surface area contributed by atoms with Crippen LogP contribution in [0.25, 0.3) is 10.9 Å². The molecule has 28 heavy (non-hydrogen) atoms. The monoisotopic (exact) mass is 374 g/mol. The highest BCUT2D eigenvalue weighted by Gasteiger charge is 2.28. The number of fused-ring (bicyclic) bond motifs is 3. The van der Waals surface area contributed by atoms with Crippen LogP contribution in [0.3, 0.4) is 0 Å². The molecule has 1 atom stereocenters. The predicted molar refractivity (Wildman–Crippen MR) is 111 cm³/mol. The number of ether oxygens (including phenoxy) is 1. The number of amides is 1.